The summed E-state index contributed by atoms with van der Waals surface area (Å²) in [5.41, 5.74) is 5.58. The number of hydrogen-bond donors (Lipinski definition) is 2. The molecule has 0 atom stereocenters. The van der Waals surface area contributed by atoms with Crippen molar-refractivity contribution in [1.82, 2.24) is 9.80 Å². The van der Waals surface area contributed by atoms with Crippen LogP contribution in [-0.2, 0) is 17.6 Å². The number of piperidine rings is 2. The van der Waals surface area contributed by atoms with Gasteiger partial charge in [0.1, 0.15) is 11.5 Å². The van der Waals surface area contributed by atoms with Crippen LogP contribution in [0, 0.1) is 0 Å². The number of fused-ring (bicyclic) bond motifs is 2. The molecule has 6 aromatic rings. The summed E-state index contributed by atoms with van der Waals surface area (Å²) in [7, 11) is 0. The Morgan fingerprint density at radius 1 is 0.500 bits per heavy atom. The van der Waals surface area contributed by atoms with Crippen molar-refractivity contribution in [3.05, 3.63) is 128 Å². The van der Waals surface area contributed by atoms with E-state index in [4.69, 9.17) is 0 Å². The fraction of sp³-hybridized carbons (Fsp3) is 0.475. The first-order valence-corrected chi connectivity index (χ1v) is 27.7. The van der Waals surface area contributed by atoms with E-state index >= 15 is 0 Å². The summed E-state index contributed by atoms with van der Waals surface area (Å²) in [5.74, 6) is 1.83. The monoisotopic (exact) mass is 950 g/mol. The smallest absolute Gasteiger partial charge is 0.222 e. The average molecular weight is 951 g/mol. The second kappa shape index (κ2) is 23.2. The number of hydrogen-bond acceptors (Lipinski definition) is 8. The SMILES string of the molecule is O=C(c1ccc(CCC(=O)N2CCCCC2)cc1)c1c(C2CCCCCC2)sc2cc(O)ccc12.O=C(c1ccc(CCCN2CCCCC2)cc1)c1c(C2CCCCC2)sc2cc(O)ccc12. The van der Waals surface area contributed by atoms with Crippen LogP contribution in [0.4, 0.5) is 0 Å². The van der Waals surface area contributed by atoms with E-state index in [0.717, 1.165) is 100 Å². The van der Waals surface area contributed by atoms with Crippen molar-refractivity contribution in [1.29, 1.82) is 0 Å². The molecule has 0 unspecified atom stereocenters. The molecule has 2 aliphatic carbocycles. The first-order chi connectivity index (χ1) is 33.3. The summed E-state index contributed by atoms with van der Waals surface area (Å²) >= 11 is 3.39. The number of carbonyl (C=O) groups is 3. The van der Waals surface area contributed by atoms with Gasteiger partial charge in [0.2, 0.25) is 5.91 Å². The topological polar surface area (TPSA) is 98.2 Å². The summed E-state index contributed by atoms with van der Waals surface area (Å²) < 4.78 is 2.01. The van der Waals surface area contributed by atoms with Gasteiger partial charge < -0.3 is 20.0 Å². The summed E-state index contributed by atoms with van der Waals surface area (Å²) in [4.78, 5) is 47.1. The third kappa shape index (κ3) is 11.8. The number of amides is 1. The Hall–Kier alpha value is -4.83. The van der Waals surface area contributed by atoms with E-state index < -0.39 is 0 Å². The highest BCUT2D eigenvalue weighted by Crippen LogP contribution is 2.45. The van der Waals surface area contributed by atoms with E-state index in [1.807, 2.05) is 59.5 Å². The van der Waals surface area contributed by atoms with E-state index in [-0.39, 0.29) is 29.0 Å². The standard InChI is InChI=1S/C30H35NO3S.C29H35NO2S/c32-24-15-16-25-26(20-24)35-30(23-8-4-1-2-5-9-23)28(25)29(34)22-13-10-21(11-14-22)12-17-27(33)31-18-6-3-7-19-31;31-24-15-16-25-26(20-24)33-29(23-9-3-1-4-10-23)27(25)28(32)22-13-11-21(12-14-22)8-7-19-30-17-5-2-6-18-30/h10-11,13-16,20,23,32H,1-9,12,17-19H2;11-16,20,23,31H,1-10,17-19H2. The van der Waals surface area contributed by atoms with Crippen molar-refractivity contribution in [3.63, 3.8) is 0 Å². The number of phenolic OH excluding ortho intramolecular Hbond substituents is 2. The zero-order valence-electron chi connectivity index (χ0n) is 40.0. The fourth-order valence-corrected chi connectivity index (χ4v) is 14.1. The molecule has 0 bridgehead atoms. The van der Waals surface area contributed by atoms with Gasteiger partial charge in [0.15, 0.2) is 11.6 Å². The lowest BCUT2D eigenvalue weighted by atomic mass is 9.85. The van der Waals surface area contributed by atoms with Crippen LogP contribution in [0.5, 0.6) is 11.5 Å². The Labute approximate surface area is 411 Å². The molecule has 1 amide bonds. The van der Waals surface area contributed by atoms with Crippen LogP contribution in [0.1, 0.15) is 187 Å². The Balaban J connectivity index is 0.000000170. The molecule has 2 aromatic heterocycles. The molecule has 4 aromatic carbocycles. The second-order valence-corrected chi connectivity index (χ2v) is 22.2. The minimum Gasteiger partial charge on any atom is -0.508 e. The molecule has 2 N–H and O–H groups in total. The molecule has 0 spiro atoms. The van der Waals surface area contributed by atoms with Crippen molar-refractivity contribution in [2.45, 2.75) is 147 Å². The number of carbonyl (C=O) groups excluding carboxylic acids is 3. The van der Waals surface area contributed by atoms with Crippen LogP contribution in [-0.4, -0.2) is 70.2 Å². The number of aromatic hydroxyl groups is 2. The summed E-state index contributed by atoms with van der Waals surface area (Å²) in [6, 6.07) is 27.0. The normalized spacial score (nSPS) is 17.7. The second-order valence-electron chi connectivity index (χ2n) is 20.1. The summed E-state index contributed by atoms with van der Waals surface area (Å²) in [5, 5.41) is 22.0. The molecule has 358 valence electrons. The van der Waals surface area contributed by atoms with Gasteiger partial charge in [0.05, 0.1) is 0 Å². The molecule has 2 aliphatic heterocycles. The molecule has 7 nitrogen and oxygen atoms in total. The number of ketones is 2. The zero-order chi connectivity index (χ0) is 46.8. The minimum absolute atomic E-state index is 0.0668. The first-order valence-electron chi connectivity index (χ1n) is 26.1. The quantitative estimate of drug-likeness (QED) is 0.0884. The van der Waals surface area contributed by atoms with Crippen molar-refractivity contribution in [3.8, 4) is 11.5 Å². The van der Waals surface area contributed by atoms with Crippen LogP contribution in [0.3, 0.4) is 0 Å². The summed E-state index contributed by atoms with van der Waals surface area (Å²) in [6.45, 7) is 5.47. The number of phenols is 2. The number of benzene rings is 4. The van der Waals surface area contributed by atoms with Gasteiger partial charge in [-0.3, -0.25) is 14.4 Å². The first kappa shape index (κ1) is 48.2. The van der Waals surface area contributed by atoms with E-state index in [2.05, 4.69) is 17.0 Å². The van der Waals surface area contributed by atoms with Gasteiger partial charge in [-0.1, -0.05) is 99.9 Å². The highest BCUT2D eigenvalue weighted by molar-refractivity contribution is 7.20. The number of nitrogens with zero attached hydrogens (tertiary/aromatic N) is 2. The number of aryl methyl sites for hydroxylation is 2. The van der Waals surface area contributed by atoms with E-state index in [1.54, 1.807) is 40.9 Å². The van der Waals surface area contributed by atoms with Crippen LogP contribution in [0.25, 0.3) is 20.2 Å². The Bertz CT molecular complexity index is 2640. The fourth-order valence-electron chi connectivity index (χ4n) is 11.3. The van der Waals surface area contributed by atoms with Gasteiger partial charge in [-0.2, -0.15) is 0 Å². The van der Waals surface area contributed by atoms with Gasteiger partial charge in [0.25, 0.3) is 0 Å². The maximum atomic E-state index is 13.8. The molecule has 2 saturated carbocycles. The highest BCUT2D eigenvalue weighted by Gasteiger charge is 2.29. The molecule has 4 fully saturated rings. The van der Waals surface area contributed by atoms with Gasteiger partial charge in [-0.05, 0) is 156 Å². The number of likely N-dealkylation sites (tertiary alicyclic amines) is 2. The van der Waals surface area contributed by atoms with Crippen molar-refractivity contribution in [2.24, 2.45) is 0 Å². The third-order valence-electron chi connectivity index (χ3n) is 15.2. The van der Waals surface area contributed by atoms with E-state index in [1.165, 1.54) is 112 Å². The van der Waals surface area contributed by atoms with Crippen LogP contribution < -0.4 is 0 Å². The summed E-state index contributed by atoms with van der Waals surface area (Å²) in [6.07, 6.45) is 24.3. The average Bonchev–Trinajstić information content (AvgIpc) is 3.82. The van der Waals surface area contributed by atoms with Crippen LogP contribution >= 0.6 is 22.7 Å². The van der Waals surface area contributed by atoms with Gasteiger partial charge in [-0.25, -0.2) is 0 Å². The lowest BCUT2D eigenvalue weighted by molar-refractivity contribution is -0.132. The molecular weight excluding hydrogens is 881 g/mol. The van der Waals surface area contributed by atoms with Gasteiger partial charge >= 0.3 is 0 Å². The molecule has 4 aliphatic rings. The maximum Gasteiger partial charge on any atom is 0.222 e. The molecule has 68 heavy (non-hydrogen) atoms. The van der Waals surface area contributed by atoms with Crippen LogP contribution in [0.2, 0.25) is 0 Å². The predicted molar refractivity (Wildman–Crippen MR) is 280 cm³/mol. The molecule has 0 radical (unpaired) electrons. The predicted octanol–water partition coefficient (Wildman–Crippen LogP) is 14.5. The van der Waals surface area contributed by atoms with E-state index in [9.17, 15) is 24.6 Å². The Morgan fingerprint density at radius 2 is 0.926 bits per heavy atom. The lowest BCUT2D eigenvalue weighted by Gasteiger charge is -2.26. The number of rotatable bonds is 13. The lowest BCUT2D eigenvalue weighted by Crippen LogP contribution is -2.35. The maximum absolute atomic E-state index is 13.8. The Morgan fingerprint density at radius 3 is 1.41 bits per heavy atom. The minimum atomic E-state index is 0.0668. The zero-order valence-corrected chi connectivity index (χ0v) is 41.6. The largest absolute Gasteiger partial charge is 0.508 e. The van der Waals surface area contributed by atoms with Crippen molar-refractivity contribution < 1.29 is 24.6 Å². The molecule has 10 rings (SSSR count). The molecular formula is C59H70N2O5S2. The highest BCUT2D eigenvalue weighted by atomic mass is 32.1. The molecule has 9 heteroatoms. The van der Waals surface area contributed by atoms with Gasteiger partial charge in [-0.15, -0.1) is 22.7 Å². The molecule has 4 heterocycles. The van der Waals surface area contributed by atoms with E-state index in [0.29, 0.717) is 30.2 Å². The third-order valence-corrected chi connectivity index (χ3v) is 17.8. The van der Waals surface area contributed by atoms with Gasteiger partial charge in [0, 0.05) is 71.7 Å². The molecule has 2 saturated heterocycles. The van der Waals surface area contributed by atoms with Crippen LogP contribution in [0.15, 0.2) is 84.9 Å². The number of thiophene rings is 2. The van der Waals surface area contributed by atoms with Crippen molar-refractivity contribution in [2.75, 3.05) is 32.7 Å². The Kier molecular flexibility index (Phi) is 16.4. The van der Waals surface area contributed by atoms with Crippen molar-refractivity contribution >= 4 is 60.3 Å².